The third kappa shape index (κ3) is 6.93. The van der Waals surface area contributed by atoms with Gasteiger partial charge in [-0.1, -0.05) is 157 Å². The highest BCUT2D eigenvalue weighted by Crippen LogP contribution is 2.59. The molecule has 58 heavy (non-hydrogen) atoms. The normalized spacial score (nSPS) is 17.6. The van der Waals surface area contributed by atoms with Crippen LogP contribution in [0.25, 0.3) is 11.1 Å². The van der Waals surface area contributed by atoms with Crippen LogP contribution in [0.4, 0.5) is 28.4 Å². The molecule has 2 heteroatoms. The largest absolute Gasteiger partial charge is 0.311 e. The minimum absolute atomic E-state index is 0.0249. The second-order valence-electron chi connectivity index (χ2n) is 17.3. The molecule has 9 rings (SSSR count). The van der Waals surface area contributed by atoms with Gasteiger partial charge >= 0.3 is 0 Å². The van der Waals surface area contributed by atoms with Crippen molar-refractivity contribution in [2.45, 2.75) is 78.1 Å². The monoisotopic (exact) mass is 756 g/mol. The van der Waals surface area contributed by atoms with E-state index >= 15 is 0 Å². The Balaban J connectivity index is 1.30. The fraction of sp³-hybridized carbons (Fsp3) is 0.250. The molecule has 0 heterocycles. The van der Waals surface area contributed by atoms with Crippen molar-refractivity contribution in [3.63, 3.8) is 0 Å². The second kappa shape index (κ2) is 15.8. The van der Waals surface area contributed by atoms with E-state index in [1.54, 1.807) is 0 Å². The Morgan fingerprint density at radius 3 is 1.67 bits per heavy atom. The van der Waals surface area contributed by atoms with Gasteiger partial charge in [-0.2, -0.15) is 0 Å². The predicted octanol–water partition coefficient (Wildman–Crippen LogP) is 15.4. The molecule has 6 aromatic carbocycles. The first-order valence-corrected chi connectivity index (χ1v) is 21.6. The Morgan fingerprint density at radius 2 is 1.14 bits per heavy atom. The smallest absolute Gasteiger partial charge is 0.0467 e. The molecule has 0 aromatic heterocycles. The van der Waals surface area contributed by atoms with Gasteiger partial charge in [-0.15, -0.1) is 0 Å². The maximum atomic E-state index is 2.59. The van der Waals surface area contributed by atoms with Gasteiger partial charge < -0.3 is 9.80 Å². The number of anilines is 5. The Hall–Kier alpha value is -5.86. The lowest BCUT2D eigenvalue weighted by molar-refractivity contribution is 0.362. The van der Waals surface area contributed by atoms with Crippen molar-refractivity contribution >= 4 is 28.4 Å². The highest BCUT2D eigenvalue weighted by atomic mass is 15.2. The molecular weight excluding hydrogens is 701 g/mol. The van der Waals surface area contributed by atoms with Gasteiger partial charge in [-0.05, 0) is 137 Å². The van der Waals surface area contributed by atoms with Crippen molar-refractivity contribution in [1.29, 1.82) is 0 Å². The van der Waals surface area contributed by atoms with E-state index in [2.05, 4.69) is 213 Å². The molecule has 0 saturated heterocycles. The van der Waals surface area contributed by atoms with E-state index < -0.39 is 0 Å². The van der Waals surface area contributed by atoms with E-state index in [0.717, 1.165) is 42.0 Å². The van der Waals surface area contributed by atoms with Crippen molar-refractivity contribution in [2.75, 3.05) is 9.80 Å². The van der Waals surface area contributed by atoms with Crippen LogP contribution in [0.5, 0.6) is 0 Å². The Bertz CT molecular complexity index is 2450. The lowest BCUT2D eigenvalue weighted by atomic mass is 9.65. The minimum Gasteiger partial charge on any atom is -0.311 e. The summed E-state index contributed by atoms with van der Waals surface area (Å²) >= 11 is 0. The van der Waals surface area contributed by atoms with Gasteiger partial charge in [-0.25, -0.2) is 0 Å². The molecule has 0 N–H and O–H groups in total. The minimum atomic E-state index is -0.341. The molecule has 0 spiro atoms. The van der Waals surface area contributed by atoms with Crippen LogP contribution >= 0.6 is 0 Å². The van der Waals surface area contributed by atoms with E-state index in [4.69, 9.17) is 0 Å². The molecule has 3 aliphatic carbocycles. The van der Waals surface area contributed by atoms with Gasteiger partial charge in [0.05, 0.1) is 0 Å². The van der Waals surface area contributed by atoms with Gasteiger partial charge in [0.15, 0.2) is 0 Å². The average Bonchev–Trinajstić information content (AvgIpc) is 3.38. The summed E-state index contributed by atoms with van der Waals surface area (Å²) < 4.78 is 0. The summed E-state index contributed by atoms with van der Waals surface area (Å²) in [5, 5.41) is 0. The van der Waals surface area contributed by atoms with Crippen molar-refractivity contribution in [3.05, 3.63) is 209 Å². The summed E-state index contributed by atoms with van der Waals surface area (Å²) in [6.07, 6.45) is 19.7. The SMILES string of the molecule is CCCCC(CC)CC1(c2ccc3c(c2)CC3)c2cc(N(C3=CC=CC(C)(C)C=C3)c3ccccc3)ccc2-c2ccc(N(c3ccccc3)c3ccccc3)cc21. The number of unbranched alkanes of at least 4 members (excludes halogenated alkanes) is 1. The number of fused-ring (bicyclic) bond motifs is 4. The first-order chi connectivity index (χ1) is 28.4. The van der Waals surface area contributed by atoms with Crippen LogP contribution in [-0.2, 0) is 18.3 Å². The van der Waals surface area contributed by atoms with E-state index in [0.29, 0.717) is 5.92 Å². The van der Waals surface area contributed by atoms with Gasteiger partial charge in [-0.3, -0.25) is 0 Å². The summed E-state index contributed by atoms with van der Waals surface area (Å²) in [7, 11) is 0. The third-order valence-electron chi connectivity index (χ3n) is 13.0. The van der Waals surface area contributed by atoms with Crippen molar-refractivity contribution in [2.24, 2.45) is 11.3 Å². The molecule has 2 nitrogen and oxygen atoms in total. The molecular formula is C56H56N2. The molecule has 2 atom stereocenters. The lowest BCUT2D eigenvalue weighted by Crippen LogP contribution is -2.31. The molecule has 0 saturated carbocycles. The number of allylic oxidation sites excluding steroid dienone is 5. The zero-order chi connectivity index (χ0) is 39.7. The van der Waals surface area contributed by atoms with E-state index in [-0.39, 0.29) is 10.8 Å². The van der Waals surface area contributed by atoms with Crippen LogP contribution in [0.1, 0.15) is 87.6 Å². The number of nitrogens with zero attached hydrogens (tertiary/aromatic N) is 2. The van der Waals surface area contributed by atoms with Gasteiger partial charge in [0.2, 0.25) is 0 Å². The number of aryl methyl sites for hydroxylation is 2. The Morgan fingerprint density at radius 1 is 0.569 bits per heavy atom. The van der Waals surface area contributed by atoms with E-state index in [9.17, 15) is 0 Å². The van der Waals surface area contributed by atoms with Crippen molar-refractivity contribution in [3.8, 4) is 11.1 Å². The number of hydrogen-bond acceptors (Lipinski definition) is 2. The topological polar surface area (TPSA) is 6.48 Å². The van der Waals surface area contributed by atoms with Crippen LogP contribution in [-0.4, -0.2) is 0 Å². The third-order valence-corrected chi connectivity index (χ3v) is 13.0. The summed E-state index contributed by atoms with van der Waals surface area (Å²) in [5.74, 6) is 0.571. The summed E-state index contributed by atoms with van der Waals surface area (Å²) in [4.78, 5) is 4.89. The molecule has 0 radical (unpaired) electrons. The maximum Gasteiger partial charge on any atom is 0.0467 e. The summed E-state index contributed by atoms with van der Waals surface area (Å²) in [5.41, 5.74) is 16.7. The molecule has 2 unspecified atom stereocenters. The number of hydrogen-bond donors (Lipinski definition) is 0. The maximum absolute atomic E-state index is 2.59. The first-order valence-electron chi connectivity index (χ1n) is 21.6. The molecule has 0 amide bonds. The van der Waals surface area contributed by atoms with Crippen LogP contribution in [0.3, 0.4) is 0 Å². The van der Waals surface area contributed by atoms with Gasteiger partial charge in [0.25, 0.3) is 0 Å². The zero-order valence-electron chi connectivity index (χ0n) is 34.7. The standard InChI is InChI=1S/C56H56N2/c1-5-7-18-41(6-2)40-56(44-29-28-42-26-27-43(42)37-44)53-38-49(57(45-19-11-8-12-20-45)46-21-13-9-14-22-46)30-32-51(53)52-33-31-50(39-54(52)56)58(47-23-15-10-16-24-47)48-25-17-35-55(3,4)36-34-48/h8-17,19-25,28-39,41H,5-7,18,26-27,40H2,1-4H3. The van der Waals surface area contributed by atoms with E-state index in [1.165, 1.54) is 76.0 Å². The molecule has 0 aliphatic heterocycles. The quantitative estimate of drug-likeness (QED) is 0.116. The Kier molecular flexibility index (Phi) is 10.3. The fourth-order valence-corrected chi connectivity index (χ4v) is 9.73. The van der Waals surface area contributed by atoms with Crippen molar-refractivity contribution in [1.82, 2.24) is 0 Å². The highest BCUT2D eigenvalue weighted by Gasteiger charge is 2.47. The van der Waals surface area contributed by atoms with Crippen LogP contribution < -0.4 is 9.80 Å². The van der Waals surface area contributed by atoms with Gasteiger partial charge in [0.1, 0.15) is 0 Å². The summed E-state index contributed by atoms with van der Waals surface area (Å²) in [6, 6.07) is 54.9. The summed E-state index contributed by atoms with van der Waals surface area (Å²) in [6.45, 7) is 9.29. The fourth-order valence-electron chi connectivity index (χ4n) is 9.73. The first kappa shape index (κ1) is 37.7. The molecule has 0 fully saturated rings. The van der Waals surface area contributed by atoms with Crippen LogP contribution in [0.2, 0.25) is 0 Å². The van der Waals surface area contributed by atoms with Gasteiger partial charge in [0, 0.05) is 45.0 Å². The van der Waals surface area contributed by atoms with Crippen LogP contribution in [0.15, 0.2) is 182 Å². The molecule has 3 aliphatic rings. The average molecular weight is 757 g/mol. The molecule has 0 bridgehead atoms. The number of benzene rings is 6. The lowest BCUT2D eigenvalue weighted by Gasteiger charge is -2.39. The molecule has 290 valence electrons. The van der Waals surface area contributed by atoms with E-state index in [1.807, 2.05) is 0 Å². The number of para-hydroxylation sites is 3. The van der Waals surface area contributed by atoms with Crippen LogP contribution in [0, 0.1) is 11.3 Å². The predicted molar refractivity (Wildman–Crippen MR) is 247 cm³/mol. The van der Waals surface area contributed by atoms with Crippen molar-refractivity contribution < 1.29 is 0 Å². The second-order valence-corrected chi connectivity index (χ2v) is 17.3. The molecule has 6 aromatic rings. The zero-order valence-corrected chi connectivity index (χ0v) is 34.7. The Labute approximate surface area is 346 Å². The number of rotatable bonds is 13. The highest BCUT2D eigenvalue weighted by molar-refractivity contribution is 5.89.